The topological polar surface area (TPSA) is 51.0 Å². The van der Waals surface area contributed by atoms with Crippen molar-refractivity contribution in [2.75, 3.05) is 11.9 Å². The Morgan fingerprint density at radius 2 is 1.68 bits per heavy atom. The minimum atomic E-state index is -0.175. The standard InChI is InChI=1S/C17H16N4O/c1-20(15-10-6-3-7-11-15)17(22)16-13-21(19-18-16)12-14-8-4-2-5-9-14/h2-11,13H,12H2,1H3. The van der Waals surface area contributed by atoms with Crippen LogP contribution in [0.1, 0.15) is 16.1 Å². The largest absolute Gasteiger partial charge is 0.310 e. The van der Waals surface area contributed by atoms with Crippen molar-refractivity contribution in [1.82, 2.24) is 15.0 Å². The van der Waals surface area contributed by atoms with Crippen molar-refractivity contribution in [1.29, 1.82) is 0 Å². The summed E-state index contributed by atoms with van der Waals surface area (Å²) in [7, 11) is 1.73. The van der Waals surface area contributed by atoms with Crippen LogP contribution in [0.25, 0.3) is 0 Å². The van der Waals surface area contributed by atoms with Crippen molar-refractivity contribution in [3.05, 3.63) is 78.1 Å². The van der Waals surface area contributed by atoms with E-state index in [2.05, 4.69) is 10.3 Å². The first kappa shape index (κ1) is 14.0. The third kappa shape index (κ3) is 3.03. The fourth-order valence-corrected chi connectivity index (χ4v) is 2.18. The van der Waals surface area contributed by atoms with Gasteiger partial charge in [-0.3, -0.25) is 4.79 Å². The molecule has 0 spiro atoms. The van der Waals surface area contributed by atoms with Crippen LogP contribution in [0, 0.1) is 0 Å². The molecular formula is C17H16N4O. The highest BCUT2D eigenvalue weighted by Gasteiger charge is 2.17. The monoisotopic (exact) mass is 292 g/mol. The van der Waals surface area contributed by atoms with Crippen LogP contribution in [-0.4, -0.2) is 27.9 Å². The molecule has 3 aromatic rings. The Balaban J connectivity index is 1.74. The number of nitrogens with zero attached hydrogens (tertiary/aromatic N) is 4. The Hall–Kier alpha value is -2.95. The lowest BCUT2D eigenvalue weighted by molar-refractivity contribution is 0.0988. The number of carbonyl (C=O) groups is 1. The number of hydrogen-bond acceptors (Lipinski definition) is 3. The predicted octanol–water partition coefficient (Wildman–Crippen LogP) is 2.60. The summed E-state index contributed by atoms with van der Waals surface area (Å²) in [6.07, 6.45) is 1.68. The van der Waals surface area contributed by atoms with Crippen LogP contribution in [0.4, 0.5) is 5.69 Å². The van der Waals surface area contributed by atoms with Crippen LogP contribution in [-0.2, 0) is 6.54 Å². The zero-order chi connectivity index (χ0) is 15.4. The molecule has 22 heavy (non-hydrogen) atoms. The fourth-order valence-electron chi connectivity index (χ4n) is 2.18. The highest BCUT2D eigenvalue weighted by molar-refractivity contribution is 6.04. The zero-order valence-corrected chi connectivity index (χ0v) is 12.3. The maximum Gasteiger partial charge on any atom is 0.280 e. The molecule has 0 radical (unpaired) electrons. The van der Waals surface area contributed by atoms with Gasteiger partial charge in [-0.25, -0.2) is 4.68 Å². The van der Waals surface area contributed by atoms with Crippen molar-refractivity contribution in [3.8, 4) is 0 Å². The van der Waals surface area contributed by atoms with E-state index in [4.69, 9.17) is 0 Å². The van der Waals surface area contributed by atoms with Crippen LogP contribution in [0.2, 0.25) is 0 Å². The second-order valence-electron chi connectivity index (χ2n) is 4.99. The molecule has 0 bridgehead atoms. The SMILES string of the molecule is CN(C(=O)c1cn(Cc2ccccc2)nn1)c1ccccc1. The summed E-state index contributed by atoms with van der Waals surface area (Å²) in [5.41, 5.74) is 2.27. The lowest BCUT2D eigenvalue weighted by Crippen LogP contribution is -2.26. The van der Waals surface area contributed by atoms with Gasteiger partial charge in [0, 0.05) is 12.7 Å². The number of aromatic nitrogens is 3. The molecule has 1 aromatic heterocycles. The van der Waals surface area contributed by atoms with Gasteiger partial charge in [-0.1, -0.05) is 53.7 Å². The number of benzene rings is 2. The van der Waals surface area contributed by atoms with Crippen molar-refractivity contribution >= 4 is 11.6 Å². The summed E-state index contributed by atoms with van der Waals surface area (Å²) in [4.78, 5) is 14.0. The van der Waals surface area contributed by atoms with E-state index in [0.717, 1.165) is 11.3 Å². The number of amides is 1. The van der Waals surface area contributed by atoms with E-state index in [0.29, 0.717) is 12.2 Å². The molecule has 1 amide bonds. The van der Waals surface area contributed by atoms with Gasteiger partial charge in [-0.2, -0.15) is 0 Å². The van der Waals surface area contributed by atoms with Gasteiger partial charge in [0.1, 0.15) is 0 Å². The smallest absolute Gasteiger partial charge is 0.280 e. The molecule has 110 valence electrons. The van der Waals surface area contributed by atoms with E-state index in [1.165, 1.54) is 0 Å². The second-order valence-corrected chi connectivity index (χ2v) is 4.99. The van der Waals surface area contributed by atoms with E-state index in [1.54, 1.807) is 22.8 Å². The highest BCUT2D eigenvalue weighted by atomic mass is 16.2. The van der Waals surface area contributed by atoms with Gasteiger partial charge in [-0.15, -0.1) is 5.10 Å². The van der Waals surface area contributed by atoms with Crippen LogP contribution >= 0.6 is 0 Å². The molecule has 0 saturated heterocycles. The maximum atomic E-state index is 12.4. The minimum absolute atomic E-state index is 0.175. The van der Waals surface area contributed by atoms with Gasteiger partial charge in [-0.05, 0) is 17.7 Å². The molecule has 0 aliphatic rings. The summed E-state index contributed by atoms with van der Waals surface area (Å²) < 4.78 is 1.67. The van der Waals surface area contributed by atoms with Crippen molar-refractivity contribution < 1.29 is 4.79 Å². The molecule has 3 rings (SSSR count). The molecule has 1 heterocycles. The van der Waals surface area contributed by atoms with Crippen molar-refractivity contribution in [2.24, 2.45) is 0 Å². The van der Waals surface area contributed by atoms with Gasteiger partial charge in [0.15, 0.2) is 5.69 Å². The van der Waals surface area contributed by atoms with E-state index in [1.807, 2.05) is 60.7 Å². The van der Waals surface area contributed by atoms with Crippen LogP contribution in [0.15, 0.2) is 66.9 Å². The quantitative estimate of drug-likeness (QED) is 0.742. The fraction of sp³-hybridized carbons (Fsp3) is 0.118. The molecule has 2 aromatic carbocycles. The number of carbonyl (C=O) groups excluding carboxylic acids is 1. The first-order chi connectivity index (χ1) is 10.7. The summed E-state index contributed by atoms with van der Waals surface area (Å²) in [5, 5.41) is 8.01. The van der Waals surface area contributed by atoms with Gasteiger partial charge in [0.25, 0.3) is 5.91 Å². The number of para-hydroxylation sites is 1. The molecule has 5 heteroatoms. The molecule has 0 aliphatic carbocycles. The Labute approximate surface area is 128 Å². The van der Waals surface area contributed by atoms with Gasteiger partial charge in [0.2, 0.25) is 0 Å². The molecule has 0 atom stereocenters. The molecule has 0 unspecified atom stereocenters. The van der Waals surface area contributed by atoms with Crippen molar-refractivity contribution in [2.45, 2.75) is 6.54 Å². The van der Waals surface area contributed by atoms with E-state index in [9.17, 15) is 4.79 Å². The number of hydrogen-bond donors (Lipinski definition) is 0. The average Bonchev–Trinajstić information content (AvgIpc) is 3.04. The normalized spacial score (nSPS) is 10.4. The Kier molecular flexibility index (Phi) is 3.96. The number of rotatable bonds is 4. The Bertz CT molecular complexity index is 753. The first-order valence-electron chi connectivity index (χ1n) is 7.01. The summed E-state index contributed by atoms with van der Waals surface area (Å²) >= 11 is 0. The van der Waals surface area contributed by atoms with Gasteiger partial charge < -0.3 is 4.90 Å². The Morgan fingerprint density at radius 1 is 1.05 bits per heavy atom. The first-order valence-corrected chi connectivity index (χ1v) is 7.01. The molecule has 5 nitrogen and oxygen atoms in total. The third-order valence-corrected chi connectivity index (χ3v) is 3.39. The average molecular weight is 292 g/mol. The summed E-state index contributed by atoms with van der Waals surface area (Å²) in [6, 6.07) is 19.4. The van der Waals surface area contributed by atoms with Crippen LogP contribution in [0.5, 0.6) is 0 Å². The van der Waals surface area contributed by atoms with Gasteiger partial charge in [0.05, 0.1) is 12.7 Å². The van der Waals surface area contributed by atoms with E-state index >= 15 is 0 Å². The van der Waals surface area contributed by atoms with Gasteiger partial charge >= 0.3 is 0 Å². The Morgan fingerprint density at radius 3 is 2.36 bits per heavy atom. The van der Waals surface area contributed by atoms with E-state index < -0.39 is 0 Å². The third-order valence-electron chi connectivity index (χ3n) is 3.39. The summed E-state index contributed by atoms with van der Waals surface area (Å²) in [6.45, 7) is 0.593. The highest BCUT2D eigenvalue weighted by Crippen LogP contribution is 2.13. The molecule has 0 fully saturated rings. The van der Waals surface area contributed by atoms with Crippen molar-refractivity contribution in [3.63, 3.8) is 0 Å². The second kappa shape index (κ2) is 6.22. The molecule has 0 saturated carbocycles. The lowest BCUT2D eigenvalue weighted by atomic mass is 10.2. The maximum absolute atomic E-state index is 12.4. The van der Waals surface area contributed by atoms with E-state index in [-0.39, 0.29) is 5.91 Å². The molecular weight excluding hydrogens is 276 g/mol. The predicted molar refractivity (Wildman–Crippen MR) is 84.7 cm³/mol. The number of anilines is 1. The van der Waals surface area contributed by atoms with Crippen LogP contribution < -0.4 is 4.90 Å². The summed E-state index contributed by atoms with van der Waals surface area (Å²) in [5.74, 6) is -0.175. The molecule has 0 N–H and O–H groups in total. The van der Waals surface area contributed by atoms with Crippen LogP contribution in [0.3, 0.4) is 0 Å². The minimum Gasteiger partial charge on any atom is -0.310 e. The zero-order valence-electron chi connectivity index (χ0n) is 12.3. The molecule has 0 aliphatic heterocycles. The lowest BCUT2D eigenvalue weighted by Gasteiger charge is -2.15.